The Bertz CT molecular complexity index is 291. The number of nitrogens with two attached hydrogens (primary N) is 1. The Morgan fingerprint density at radius 2 is 2.00 bits per heavy atom. The van der Waals surface area contributed by atoms with Crippen molar-refractivity contribution in [2.24, 2.45) is 10.8 Å². The number of nitrogens with zero attached hydrogens (tertiary/aromatic N) is 2. The van der Waals surface area contributed by atoms with E-state index < -0.39 is 0 Å². The first-order chi connectivity index (χ1) is 4.88. The molecule has 1 aromatic rings. The Hall–Kier alpha value is -1.51. The summed E-state index contributed by atoms with van der Waals surface area (Å²) in [5.74, 6) is 0.510. The zero-order valence-electron chi connectivity index (χ0n) is 5.28. The van der Waals surface area contributed by atoms with Crippen molar-refractivity contribution >= 4 is 11.5 Å². The van der Waals surface area contributed by atoms with Crippen LogP contribution < -0.4 is 11.2 Å². The van der Waals surface area contributed by atoms with Crippen molar-refractivity contribution < 1.29 is 0 Å². The second-order valence-electron chi connectivity index (χ2n) is 2.10. The van der Waals surface area contributed by atoms with Crippen LogP contribution in [0.1, 0.15) is 5.56 Å². The lowest BCUT2D eigenvalue weighted by Gasteiger charge is -1.92. The standard InChI is InChI=1S/C7H6N3/c8-7-5-3-1-2-4-6(5)9-10-7/h1-4H,(H2,8,10). The Kier molecular flexibility index (Phi) is 0.917. The molecule has 0 saturated carbocycles. The molecule has 1 heterocycles. The van der Waals surface area contributed by atoms with E-state index in [9.17, 15) is 0 Å². The summed E-state index contributed by atoms with van der Waals surface area (Å²) in [5, 5.41) is 3.72. The Labute approximate surface area is 58.5 Å². The number of rotatable bonds is 0. The van der Waals surface area contributed by atoms with Crippen LogP contribution >= 0.6 is 0 Å². The van der Waals surface area contributed by atoms with E-state index in [-0.39, 0.29) is 0 Å². The smallest absolute Gasteiger partial charge is 0.155 e. The average molecular weight is 132 g/mol. The molecule has 1 radical (unpaired) electrons. The molecular formula is C7H6N3. The van der Waals surface area contributed by atoms with Gasteiger partial charge in [-0.25, -0.2) is 0 Å². The van der Waals surface area contributed by atoms with Crippen LogP contribution in [0.3, 0.4) is 0 Å². The molecule has 1 aliphatic rings. The summed E-state index contributed by atoms with van der Waals surface area (Å²) in [6.45, 7) is 0. The van der Waals surface area contributed by atoms with Gasteiger partial charge < -0.3 is 5.73 Å². The first kappa shape index (κ1) is 5.29. The largest absolute Gasteiger partial charge is 0.382 e. The fraction of sp³-hybridized carbons (Fsp3) is 0. The molecule has 3 heteroatoms. The molecule has 0 aliphatic carbocycles. The van der Waals surface area contributed by atoms with Gasteiger partial charge >= 0.3 is 0 Å². The highest BCUT2D eigenvalue weighted by Crippen LogP contribution is 2.18. The first-order valence-electron chi connectivity index (χ1n) is 3.01. The van der Waals surface area contributed by atoms with Crippen LogP contribution in [0.2, 0.25) is 0 Å². The van der Waals surface area contributed by atoms with Crippen LogP contribution in [-0.4, -0.2) is 5.84 Å². The van der Waals surface area contributed by atoms with E-state index in [4.69, 9.17) is 5.73 Å². The summed E-state index contributed by atoms with van der Waals surface area (Å²) in [5.41, 5.74) is 11.1. The van der Waals surface area contributed by atoms with Gasteiger partial charge in [0, 0.05) is 5.56 Å². The zero-order valence-corrected chi connectivity index (χ0v) is 5.28. The maximum atomic E-state index is 5.50. The average Bonchev–Trinajstić information content (AvgIpc) is 2.34. The molecular weight excluding hydrogens is 126 g/mol. The number of fused-ring (bicyclic) bond motifs is 1. The second-order valence-corrected chi connectivity index (χ2v) is 2.10. The van der Waals surface area contributed by atoms with Gasteiger partial charge in [-0.05, 0) is 12.1 Å². The maximum Gasteiger partial charge on any atom is 0.155 e. The molecule has 0 unspecified atom stereocenters. The Morgan fingerprint density at radius 3 is 2.80 bits per heavy atom. The molecule has 0 fully saturated rings. The topological polar surface area (TPSA) is 52.5 Å². The van der Waals surface area contributed by atoms with E-state index >= 15 is 0 Å². The van der Waals surface area contributed by atoms with Gasteiger partial charge in [-0.1, -0.05) is 12.1 Å². The molecule has 2 N–H and O–H groups in total. The highest BCUT2D eigenvalue weighted by Gasteiger charge is 2.11. The molecule has 49 valence electrons. The fourth-order valence-electron chi connectivity index (χ4n) is 0.939. The third kappa shape index (κ3) is 0.572. The highest BCUT2D eigenvalue weighted by atomic mass is 15.3. The minimum atomic E-state index is 0.510. The lowest BCUT2D eigenvalue weighted by molar-refractivity contribution is 0.985. The number of hydrogen-bond acceptors (Lipinski definition) is 2. The normalized spacial score (nSPS) is 13.8. The lowest BCUT2D eigenvalue weighted by Crippen LogP contribution is -2.09. The summed E-state index contributed by atoms with van der Waals surface area (Å²) >= 11 is 0. The molecule has 1 aliphatic heterocycles. The van der Waals surface area contributed by atoms with Crippen molar-refractivity contribution in [2.75, 3.05) is 0 Å². The lowest BCUT2D eigenvalue weighted by atomic mass is 10.2. The molecule has 0 bridgehead atoms. The van der Waals surface area contributed by atoms with Crippen LogP contribution in [0, 0.1) is 0 Å². The number of amidine groups is 1. The second kappa shape index (κ2) is 1.73. The van der Waals surface area contributed by atoms with E-state index in [0.29, 0.717) is 5.84 Å². The number of hydrogen-bond donors (Lipinski definition) is 1. The molecule has 0 aromatic heterocycles. The minimum absolute atomic E-state index is 0.510. The summed E-state index contributed by atoms with van der Waals surface area (Å²) in [6.07, 6.45) is 0. The van der Waals surface area contributed by atoms with Gasteiger partial charge in [0.2, 0.25) is 0 Å². The third-order valence-corrected chi connectivity index (χ3v) is 1.45. The quantitative estimate of drug-likeness (QED) is 0.550. The van der Waals surface area contributed by atoms with Crippen LogP contribution in [0.25, 0.3) is 0 Å². The number of benzene rings is 1. The van der Waals surface area contributed by atoms with E-state index in [1.807, 2.05) is 24.3 Å². The summed E-state index contributed by atoms with van der Waals surface area (Å²) < 4.78 is 0. The molecule has 10 heavy (non-hydrogen) atoms. The Balaban J connectivity index is 2.61. The predicted octanol–water partition coefficient (Wildman–Crippen LogP) is 0.556. The van der Waals surface area contributed by atoms with Crippen molar-refractivity contribution in [1.82, 2.24) is 5.43 Å². The monoisotopic (exact) mass is 132 g/mol. The zero-order chi connectivity index (χ0) is 6.97. The van der Waals surface area contributed by atoms with Gasteiger partial charge in [-0.2, -0.15) is 0 Å². The van der Waals surface area contributed by atoms with Crippen molar-refractivity contribution in [3.63, 3.8) is 0 Å². The van der Waals surface area contributed by atoms with Crippen LogP contribution in [0.15, 0.2) is 29.4 Å². The van der Waals surface area contributed by atoms with E-state index in [0.717, 1.165) is 11.3 Å². The van der Waals surface area contributed by atoms with Gasteiger partial charge in [-0.3, -0.25) is 0 Å². The van der Waals surface area contributed by atoms with Gasteiger partial charge in [-0.15, -0.1) is 10.5 Å². The summed E-state index contributed by atoms with van der Waals surface area (Å²) in [7, 11) is 0. The first-order valence-corrected chi connectivity index (χ1v) is 3.01. The van der Waals surface area contributed by atoms with Crippen molar-refractivity contribution in [2.45, 2.75) is 0 Å². The highest BCUT2D eigenvalue weighted by molar-refractivity contribution is 6.03. The summed E-state index contributed by atoms with van der Waals surface area (Å²) in [6, 6.07) is 7.63. The molecule has 3 nitrogen and oxygen atoms in total. The maximum absolute atomic E-state index is 5.50. The van der Waals surface area contributed by atoms with Crippen molar-refractivity contribution in [3.8, 4) is 0 Å². The fourth-order valence-corrected chi connectivity index (χ4v) is 0.939. The molecule has 1 aromatic carbocycles. The van der Waals surface area contributed by atoms with Crippen molar-refractivity contribution in [1.29, 1.82) is 0 Å². The minimum Gasteiger partial charge on any atom is -0.382 e. The molecule has 0 spiro atoms. The van der Waals surface area contributed by atoms with E-state index in [1.54, 1.807) is 0 Å². The third-order valence-electron chi connectivity index (χ3n) is 1.45. The molecule has 0 amide bonds. The van der Waals surface area contributed by atoms with Crippen molar-refractivity contribution in [3.05, 3.63) is 29.8 Å². The van der Waals surface area contributed by atoms with Gasteiger partial charge in [0.15, 0.2) is 5.84 Å². The van der Waals surface area contributed by atoms with E-state index in [2.05, 4.69) is 10.5 Å². The van der Waals surface area contributed by atoms with Gasteiger partial charge in [0.1, 0.15) is 0 Å². The molecule has 0 saturated heterocycles. The van der Waals surface area contributed by atoms with Crippen LogP contribution in [-0.2, 0) is 0 Å². The van der Waals surface area contributed by atoms with Crippen LogP contribution in [0.5, 0.6) is 0 Å². The summed E-state index contributed by atoms with van der Waals surface area (Å²) in [4.78, 5) is 0. The van der Waals surface area contributed by atoms with E-state index in [1.165, 1.54) is 0 Å². The molecule has 0 atom stereocenters. The SMILES string of the molecule is NC1=N[N]c2ccccc21. The molecule has 2 rings (SSSR count). The predicted molar refractivity (Wildman–Crippen MR) is 39.0 cm³/mol. The van der Waals surface area contributed by atoms with Gasteiger partial charge in [0.25, 0.3) is 0 Å². The van der Waals surface area contributed by atoms with Gasteiger partial charge in [0.05, 0.1) is 5.69 Å². The van der Waals surface area contributed by atoms with Crippen LogP contribution in [0.4, 0.5) is 5.69 Å². The Morgan fingerprint density at radius 1 is 1.20 bits per heavy atom.